The fraction of sp³-hybridized carbons (Fsp3) is 0.320. The second-order valence-corrected chi connectivity index (χ2v) is 11.0. The number of carbonyl (C=O) groups excluding carboxylic acids is 1. The number of sulfone groups is 1. The van der Waals surface area contributed by atoms with Gasteiger partial charge in [-0.1, -0.05) is 30.3 Å². The van der Waals surface area contributed by atoms with Gasteiger partial charge in [0.1, 0.15) is 5.25 Å². The molecule has 1 aromatic carbocycles. The van der Waals surface area contributed by atoms with Crippen molar-refractivity contribution in [2.75, 3.05) is 13.7 Å². The van der Waals surface area contributed by atoms with Gasteiger partial charge in [-0.2, -0.15) is 13.2 Å². The van der Waals surface area contributed by atoms with E-state index in [0.29, 0.717) is 0 Å². The first kappa shape index (κ1) is 31.9. The first-order chi connectivity index (χ1) is 15.8. The van der Waals surface area contributed by atoms with Crippen LogP contribution in [0, 0.1) is 62.5 Å². The minimum absolute atomic E-state index is 0. The van der Waals surface area contributed by atoms with E-state index >= 15 is 0 Å². The Labute approximate surface area is 217 Å². The molecule has 0 amide bonds. The van der Waals surface area contributed by atoms with Crippen molar-refractivity contribution in [2.24, 2.45) is 0 Å². The van der Waals surface area contributed by atoms with Gasteiger partial charge in [-0.15, -0.1) is 0 Å². The Morgan fingerprint density at radius 1 is 0.886 bits per heavy atom. The molecule has 35 heavy (non-hydrogen) atoms. The number of ether oxygens (including phenoxy) is 2. The van der Waals surface area contributed by atoms with E-state index in [9.17, 15) is 26.4 Å². The molecule has 0 saturated heterocycles. The fourth-order valence-electron chi connectivity index (χ4n) is 3.10. The molecule has 10 heteroatoms. The van der Waals surface area contributed by atoms with Crippen LogP contribution in [-0.2, 0) is 46.8 Å². The monoisotopic (exact) mass is 552 g/mol. The molecule has 5 nitrogen and oxygen atoms in total. The third-order valence-electron chi connectivity index (χ3n) is 5.04. The molecule has 3 rings (SSSR count). The summed E-state index contributed by atoms with van der Waals surface area (Å²) in [5, 5.41) is -0.0902. The van der Waals surface area contributed by atoms with E-state index in [1.165, 1.54) is 58.2 Å². The summed E-state index contributed by atoms with van der Waals surface area (Å²) in [4.78, 5) is 12.6. The predicted molar refractivity (Wildman–Crippen MR) is 122 cm³/mol. The van der Waals surface area contributed by atoms with Crippen LogP contribution in [-0.4, -0.2) is 39.0 Å². The molecule has 2 fully saturated rings. The van der Waals surface area contributed by atoms with Crippen LogP contribution in [0.25, 0.3) is 0 Å². The quantitative estimate of drug-likeness (QED) is 0.381. The number of carbonyl (C=O) groups is 1. The van der Waals surface area contributed by atoms with Gasteiger partial charge in [0, 0.05) is 18.6 Å². The third-order valence-corrected chi connectivity index (χ3v) is 7.63. The van der Waals surface area contributed by atoms with Crippen LogP contribution in [0.5, 0.6) is 0 Å². The number of rotatable bonds is 6. The number of esters is 1. The molecule has 2 aliphatic carbocycles. The SMILES string of the molecule is CO[C@@](C(=O)OC[C]1[CH][CH][CH][C]1S(=O)(=O)C(C)(C)C)(c1ccccc1)C(F)(F)F.[CH]1[CH][CH][CH][CH]1.[Fe+2]. The van der Waals surface area contributed by atoms with Crippen LogP contribution in [0.4, 0.5) is 13.2 Å². The molecular weight excluding hydrogens is 525 g/mol. The van der Waals surface area contributed by atoms with Gasteiger partial charge in [0.05, 0.1) is 11.4 Å². The Hall–Kier alpha value is -1.09. The summed E-state index contributed by atoms with van der Waals surface area (Å²) in [7, 11) is -3.01. The standard InChI is InChI=1S/C20H22F3O5S.C5H5.Fe/c1-18(2,3)29(25,26)16-12-8-9-14(16)13-28-17(24)19(27-4,20(21,22)23)15-10-6-5-7-11-15;1-2-4-5-3-1;/h5-12H,13H2,1-4H3;1-5H;/q;;+2/t19-;;/m1../s1. The third kappa shape index (κ3) is 7.24. The second-order valence-electron chi connectivity index (χ2n) is 8.32. The predicted octanol–water partition coefficient (Wildman–Crippen LogP) is 4.60. The smallest absolute Gasteiger partial charge is 0.462 e. The van der Waals surface area contributed by atoms with Gasteiger partial charge < -0.3 is 9.47 Å². The van der Waals surface area contributed by atoms with Gasteiger partial charge in [0.25, 0.3) is 5.60 Å². The van der Waals surface area contributed by atoms with Crippen molar-refractivity contribution in [2.45, 2.75) is 37.3 Å². The van der Waals surface area contributed by atoms with Gasteiger partial charge in [-0.25, -0.2) is 13.2 Å². The number of alkyl halides is 3. The maximum atomic E-state index is 13.9. The summed E-state index contributed by atoms with van der Waals surface area (Å²) in [6.07, 6.45) is 9.05. The summed E-state index contributed by atoms with van der Waals surface area (Å²) in [6.45, 7) is 3.85. The Morgan fingerprint density at radius 2 is 1.40 bits per heavy atom. The fourth-order valence-corrected chi connectivity index (χ4v) is 4.49. The molecule has 0 aromatic heterocycles. The molecule has 0 heterocycles. The van der Waals surface area contributed by atoms with E-state index in [0.717, 1.165) is 19.2 Å². The Morgan fingerprint density at radius 3 is 1.83 bits per heavy atom. The van der Waals surface area contributed by atoms with Crippen LogP contribution >= 0.6 is 0 Å². The summed E-state index contributed by atoms with van der Waals surface area (Å²) in [5.74, 6) is -1.59. The molecule has 1 atom stereocenters. The minimum atomic E-state index is -5.10. The van der Waals surface area contributed by atoms with Crippen LogP contribution in [0.3, 0.4) is 0 Å². The van der Waals surface area contributed by atoms with Crippen molar-refractivity contribution in [3.8, 4) is 0 Å². The average molecular weight is 552 g/mol. The van der Waals surface area contributed by atoms with E-state index in [4.69, 9.17) is 4.74 Å². The maximum absolute atomic E-state index is 13.9. The van der Waals surface area contributed by atoms with Gasteiger partial charge >= 0.3 is 29.2 Å². The minimum Gasteiger partial charge on any atom is -0.462 e. The molecule has 2 saturated carbocycles. The van der Waals surface area contributed by atoms with E-state index < -0.39 is 44.5 Å². The molecular formula is C25H27F3FeO5S+2. The molecule has 0 bridgehead atoms. The van der Waals surface area contributed by atoms with Crippen molar-refractivity contribution < 1.29 is 52.9 Å². The van der Waals surface area contributed by atoms with Crippen LogP contribution in [0.1, 0.15) is 26.3 Å². The summed E-state index contributed by atoms with van der Waals surface area (Å²) >= 11 is 0. The largest absolute Gasteiger partial charge is 2.00 e. The van der Waals surface area contributed by atoms with E-state index in [1.807, 2.05) is 32.1 Å². The van der Waals surface area contributed by atoms with Crippen molar-refractivity contribution in [1.29, 1.82) is 0 Å². The number of hydrogen-bond acceptors (Lipinski definition) is 5. The van der Waals surface area contributed by atoms with Gasteiger partial charge in [0.15, 0.2) is 9.84 Å². The number of hydrogen-bond donors (Lipinski definition) is 0. The molecule has 0 N–H and O–H groups in total. The molecule has 0 aliphatic heterocycles. The Bertz CT molecular complexity index is 888. The average Bonchev–Trinajstić information content (AvgIpc) is 3.47. The zero-order valence-corrected chi connectivity index (χ0v) is 21.6. The topological polar surface area (TPSA) is 69.7 Å². The van der Waals surface area contributed by atoms with Crippen LogP contribution in [0.2, 0.25) is 0 Å². The summed E-state index contributed by atoms with van der Waals surface area (Å²) in [5.41, 5.74) is -3.77. The van der Waals surface area contributed by atoms with Crippen LogP contribution in [0.15, 0.2) is 30.3 Å². The number of methoxy groups -OCH3 is 1. The molecule has 10 radical (unpaired) electrons. The maximum Gasteiger partial charge on any atom is 2.00 e. The Balaban J connectivity index is 0.000000904. The van der Waals surface area contributed by atoms with Crippen molar-refractivity contribution in [3.05, 3.63) is 98.4 Å². The normalized spacial score (nSPS) is 19.3. The van der Waals surface area contributed by atoms with Crippen molar-refractivity contribution in [1.82, 2.24) is 0 Å². The zero-order chi connectivity index (χ0) is 25.6. The van der Waals surface area contributed by atoms with Gasteiger partial charge in [0.2, 0.25) is 0 Å². The van der Waals surface area contributed by atoms with Crippen LogP contribution < -0.4 is 0 Å². The van der Waals surface area contributed by atoms with Crippen molar-refractivity contribution >= 4 is 15.8 Å². The van der Waals surface area contributed by atoms with E-state index in [2.05, 4.69) is 4.74 Å². The van der Waals surface area contributed by atoms with E-state index in [-0.39, 0.29) is 28.2 Å². The summed E-state index contributed by atoms with van der Waals surface area (Å²) < 4.78 is 75.4. The van der Waals surface area contributed by atoms with Gasteiger partial charge in [-0.05, 0) is 72.1 Å². The molecule has 1 aromatic rings. The number of benzene rings is 1. The molecule has 2 aliphatic rings. The van der Waals surface area contributed by atoms with Crippen molar-refractivity contribution in [3.63, 3.8) is 0 Å². The molecule has 0 unspecified atom stereocenters. The molecule has 0 spiro atoms. The van der Waals surface area contributed by atoms with Gasteiger partial charge in [-0.3, -0.25) is 0 Å². The first-order valence-corrected chi connectivity index (χ1v) is 11.8. The molecule has 190 valence electrons. The summed E-state index contributed by atoms with van der Waals surface area (Å²) in [6, 6.07) is 6.40. The van der Waals surface area contributed by atoms with E-state index in [1.54, 1.807) is 0 Å². The number of halogens is 3. The second kappa shape index (κ2) is 12.9. The Kier molecular flexibility index (Phi) is 11.8. The first-order valence-electron chi connectivity index (χ1n) is 10.3. The zero-order valence-electron chi connectivity index (χ0n) is 19.6.